The van der Waals surface area contributed by atoms with Gasteiger partial charge in [0.25, 0.3) is 0 Å². The Hall–Kier alpha value is 0.1000. The molecule has 0 bridgehead atoms. The topological polar surface area (TPSA) is 21.3 Å². The van der Waals surface area contributed by atoms with Crippen molar-refractivity contribution < 1.29 is 4.74 Å². The summed E-state index contributed by atoms with van der Waals surface area (Å²) in [6.45, 7) is 3.14. The standard InChI is InChI=1S/C15H24BrNOS/c1-3-17-14(12-9-19-10-13(12)16)15(18-2)11-7-5-4-6-8-11/h9-11,14-15,17H,3-8H2,1-2H3. The summed E-state index contributed by atoms with van der Waals surface area (Å²) < 4.78 is 7.11. The van der Waals surface area contributed by atoms with Crippen LogP contribution >= 0.6 is 27.3 Å². The van der Waals surface area contributed by atoms with Crippen molar-refractivity contribution in [3.05, 3.63) is 20.8 Å². The fourth-order valence-corrected chi connectivity index (χ4v) is 4.78. The lowest BCUT2D eigenvalue weighted by Crippen LogP contribution is -2.39. The summed E-state index contributed by atoms with van der Waals surface area (Å²) >= 11 is 5.43. The molecule has 1 aliphatic carbocycles. The maximum Gasteiger partial charge on any atom is 0.0794 e. The van der Waals surface area contributed by atoms with Crippen molar-refractivity contribution in [2.75, 3.05) is 13.7 Å². The van der Waals surface area contributed by atoms with Crippen LogP contribution in [0.1, 0.15) is 50.6 Å². The van der Waals surface area contributed by atoms with Crippen LogP contribution in [0.15, 0.2) is 15.2 Å². The molecule has 1 aromatic heterocycles. The highest BCUT2D eigenvalue weighted by Crippen LogP contribution is 2.37. The van der Waals surface area contributed by atoms with Gasteiger partial charge < -0.3 is 10.1 Å². The van der Waals surface area contributed by atoms with E-state index in [9.17, 15) is 0 Å². The van der Waals surface area contributed by atoms with Crippen LogP contribution in [0.3, 0.4) is 0 Å². The molecule has 108 valence electrons. The molecule has 2 nitrogen and oxygen atoms in total. The van der Waals surface area contributed by atoms with E-state index in [4.69, 9.17) is 4.74 Å². The number of ether oxygens (including phenoxy) is 1. The van der Waals surface area contributed by atoms with Crippen molar-refractivity contribution >= 4 is 27.3 Å². The summed E-state index contributed by atoms with van der Waals surface area (Å²) in [5, 5.41) is 8.03. The molecule has 19 heavy (non-hydrogen) atoms. The highest BCUT2D eigenvalue weighted by atomic mass is 79.9. The first-order valence-electron chi connectivity index (χ1n) is 7.25. The van der Waals surface area contributed by atoms with Crippen LogP contribution in [0, 0.1) is 5.92 Å². The van der Waals surface area contributed by atoms with Gasteiger partial charge in [-0.05, 0) is 52.2 Å². The molecule has 0 spiro atoms. The molecule has 2 atom stereocenters. The average molecular weight is 346 g/mol. The number of hydrogen-bond donors (Lipinski definition) is 1. The van der Waals surface area contributed by atoms with Crippen LogP contribution in [0.25, 0.3) is 0 Å². The number of methoxy groups -OCH3 is 1. The van der Waals surface area contributed by atoms with Crippen molar-refractivity contribution in [1.82, 2.24) is 5.32 Å². The minimum absolute atomic E-state index is 0.283. The highest BCUT2D eigenvalue weighted by Gasteiger charge is 2.32. The smallest absolute Gasteiger partial charge is 0.0794 e. The predicted molar refractivity (Wildman–Crippen MR) is 85.8 cm³/mol. The van der Waals surface area contributed by atoms with Gasteiger partial charge in [0.15, 0.2) is 0 Å². The first kappa shape index (κ1) is 15.5. The van der Waals surface area contributed by atoms with Crippen molar-refractivity contribution in [2.45, 2.75) is 51.2 Å². The minimum atomic E-state index is 0.283. The van der Waals surface area contributed by atoms with Crippen LogP contribution in [-0.2, 0) is 4.74 Å². The van der Waals surface area contributed by atoms with Crippen molar-refractivity contribution in [2.24, 2.45) is 5.92 Å². The van der Waals surface area contributed by atoms with Crippen molar-refractivity contribution in [3.63, 3.8) is 0 Å². The Morgan fingerprint density at radius 2 is 2.11 bits per heavy atom. The van der Waals surface area contributed by atoms with E-state index in [1.807, 2.05) is 7.11 Å². The van der Waals surface area contributed by atoms with Gasteiger partial charge in [-0.1, -0.05) is 26.2 Å². The number of nitrogens with one attached hydrogen (secondary N) is 1. The Morgan fingerprint density at radius 1 is 1.37 bits per heavy atom. The Bertz CT molecular complexity index is 376. The van der Waals surface area contributed by atoms with E-state index in [1.165, 1.54) is 42.1 Å². The first-order valence-corrected chi connectivity index (χ1v) is 8.99. The molecular formula is C15H24BrNOS. The lowest BCUT2D eigenvalue weighted by atomic mass is 9.81. The van der Waals surface area contributed by atoms with Gasteiger partial charge >= 0.3 is 0 Å². The zero-order valence-corrected chi connectivity index (χ0v) is 14.2. The Balaban J connectivity index is 2.17. The van der Waals surface area contributed by atoms with Crippen molar-refractivity contribution in [3.8, 4) is 0 Å². The number of thiophene rings is 1. The third kappa shape index (κ3) is 3.81. The number of hydrogen-bond acceptors (Lipinski definition) is 3. The van der Waals surface area contributed by atoms with Crippen LogP contribution in [0.5, 0.6) is 0 Å². The normalized spacial score (nSPS) is 20.4. The van der Waals surface area contributed by atoms with Gasteiger partial charge in [-0.3, -0.25) is 0 Å². The maximum atomic E-state index is 5.90. The van der Waals surface area contributed by atoms with Gasteiger partial charge in [-0.15, -0.1) is 0 Å². The molecule has 1 aliphatic rings. The van der Waals surface area contributed by atoms with E-state index >= 15 is 0 Å². The molecule has 1 N–H and O–H groups in total. The van der Waals surface area contributed by atoms with E-state index in [0.717, 1.165) is 6.54 Å². The van der Waals surface area contributed by atoms with Gasteiger partial charge in [-0.25, -0.2) is 0 Å². The zero-order chi connectivity index (χ0) is 13.7. The third-order valence-electron chi connectivity index (χ3n) is 4.12. The van der Waals surface area contributed by atoms with Gasteiger partial charge in [0.2, 0.25) is 0 Å². The summed E-state index contributed by atoms with van der Waals surface area (Å²) in [7, 11) is 1.86. The highest BCUT2D eigenvalue weighted by molar-refractivity contribution is 9.10. The Labute approximate surface area is 129 Å². The van der Waals surface area contributed by atoms with Crippen molar-refractivity contribution in [1.29, 1.82) is 0 Å². The lowest BCUT2D eigenvalue weighted by molar-refractivity contribution is 0.00786. The average Bonchev–Trinajstić information content (AvgIpc) is 2.86. The second-order valence-electron chi connectivity index (χ2n) is 5.31. The molecule has 1 fully saturated rings. The van der Waals surface area contributed by atoms with Crippen LogP contribution in [0.4, 0.5) is 0 Å². The number of halogens is 1. The van der Waals surface area contributed by atoms with Gasteiger partial charge in [-0.2, -0.15) is 11.3 Å². The molecule has 1 aromatic rings. The second kappa shape index (κ2) is 7.77. The van der Waals surface area contributed by atoms with E-state index in [2.05, 4.69) is 38.9 Å². The predicted octanol–water partition coefficient (Wildman–Crippen LogP) is 4.76. The molecule has 2 unspecified atom stereocenters. The maximum absolute atomic E-state index is 5.90. The molecule has 0 saturated heterocycles. The van der Waals surface area contributed by atoms with E-state index in [-0.39, 0.29) is 6.10 Å². The summed E-state index contributed by atoms with van der Waals surface area (Å²) in [5.41, 5.74) is 1.35. The quantitative estimate of drug-likeness (QED) is 0.802. The number of likely N-dealkylation sites (N-methyl/N-ethyl adjacent to an activating group) is 1. The van der Waals surface area contributed by atoms with Gasteiger partial charge in [0.05, 0.1) is 12.1 Å². The SMILES string of the molecule is CCNC(c1cscc1Br)C(OC)C1CCCCC1. The fraction of sp³-hybridized carbons (Fsp3) is 0.733. The van der Waals surface area contributed by atoms with E-state index in [1.54, 1.807) is 11.3 Å². The molecule has 1 saturated carbocycles. The summed E-state index contributed by atoms with van der Waals surface area (Å²) in [6.07, 6.45) is 7.00. The van der Waals surface area contributed by atoms with Crippen LogP contribution < -0.4 is 5.32 Å². The molecule has 0 aliphatic heterocycles. The van der Waals surface area contributed by atoms with Crippen LogP contribution in [0.2, 0.25) is 0 Å². The second-order valence-corrected chi connectivity index (χ2v) is 6.91. The number of rotatable bonds is 6. The molecule has 0 aromatic carbocycles. The molecule has 4 heteroatoms. The lowest BCUT2D eigenvalue weighted by Gasteiger charge is -2.35. The molecule has 0 amide bonds. The largest absolute Gasteiger partial charge is 0.379 e. The van der Waals surface area contributed by atoms with Crippen LogP contribution in [-0.4, -0.2) is 19.8 Å². The third-order valence-corrected chi connectivity index (χ3v) is 5.87. The zero-order valence-electron chi connectivity index (χ0n) is 11.8. The Kier molecular flexibility index (Phi) is 6.33. The summed E-state index contributed by atoms with van der Waals surface area (Å²) in [4.78, 5) is 0. The van der Waals surface area contributed by atoms with Gasteiger partial charge in [0.1, 0.15) is 0 Å². The Morgan fingerprint density at radius 3 is 2.63 bits per heavy atom. The fourth-order valence-electron chi connectivity index (χ4n) is 3.20. The van der Waals surface area contributed by atoms with E-state index < -0.39 is 0 Å². The van der Waals surface area contributed by atoms with Gasteiger partial charge in [0, 0.05) is 17.0 Å². The molecular weight excluding hydrogens is 322 g/mol. The van der Waals surface area contributed by atoms with E-state index in [0.29, 0.717) is 12.0 Å². The monoisotopic (exact) mass is 345 g/mol. The molecule has 2 rings (SSSR count). The summed E-state index contributed by atoms with van der Waals surface area (Å²) in [6, 6.07) is 0.304. The molecule has 1 heterocycles. The minimum Gasteiger partial charge on any atom is -0.379 e. The first-order chi connectivity index (χ1) is 9.27. The summed E-state index contributed by atoms with van der Waals surface area (Å²) in [5.74, 6) is 0.689. The molecule has 0 radical (unpaired) electrons.